The summed E-state index contributed by atoms with van der Waals surface area (Å²) in [7, 11) is -3.59. The van der Waals surface area contributed by atoms with Gasteiger partial charge < -0.3 is 5.32 Å². The van der Waals surface area contributed by atoms with E-state index in [0.29, 0.717) is 17.1 Å². The lowest BCUT2D eigenvalue weighted by Gasteiger charge is -2.04. The predicted octanol–water partition coefficient (Wildman–Crippen LogP) is 2.02. The molecule has 3 rings (SSSR count). The fourth-order valence-electron chi connectivity index (χ4n) is 2.02. The van der Waals surface area contributed by atoms with Gasteiger partial charge in [-0.3, -0.25) is 4.68 Å². The van der Waals surface area contributed by atoms with Crippen LogP contribution in [0.3, 0.4) is 0 Å². The molecular weight excluding hydrogens is 276 g/mol. The van der Waals surface area contributed by atoms with Crippen molar-refractivity contribution in [2.75, 3.05) is 5.32 Å². The molecule has 0 fully saturated rings. The topological polar surface area (TPSA) is 76.3 Å². The number of benzene rings is 1. The SMILES string of the molecule is CC(C)n1cc(NC2=NS(=O)(=O)c3ccccc32)cn1. The van der Waals surface area contributed by atoms with Gasteiger partial charge in [-0.1, -0.05) is 12.1 Å². The Labute approximate surface area is 117 Å². The smallest absolute Gasteiger partial charge is 0.285 e. The minimum absolute atomic E-state index is 0.235. The van der Waals surface area contributed by atoms with Crippen LogP contribution in [0.5, 0.6) is 0 Å². The molecule has 1 aromatic carbocycles. The van der Waals surface area contributed by atoms with Crippen LogP contribution in [-0.2, 0) is 10.0 Å². The quantitative estimate of drug-likeness (QED) is 0.918. The van der Waals surface area contributed by atoms with E-state index in [4.69, 9.17) is 0 Å². The highest BCUT2D eigenvalue weighted by Gasteiger charge is 2.28. The number of hydrogen-bond acceptors (Lipinski definition) is 4. The van der Waals surface area contributed by atoms with E-state index in [2.05, 4.69) is 14.8 Å². The lowest BCUT2D eigenvalue weighted by atomic mass is 10.2. The molecule has 20 heavy (non-hydrogen) atoms. The van der Waals surface area contributed by atoms with E-state index in [1.165, 1.54) is 0 Å². The number of aromatic nitrogens is 2. The Hall–Kier alpha value is -2.15. The molecule has 0 aliphatic carbocycles. The molecule has 0 unspecified atom stereocenters. The van der Waals surface area contributed by atoms with Gasteiger partial charge in [0.05, 0.1) is 11.9 Å². The van der Waals surface area contributed by atoms with Gasteiger partial charge in [-0.25, -0.2) is 0 Å². The van der Waals surface area contributed by atoms with Crippen LogP contribution < -0.4 is 5.32 Å². The van der Waals surface area contributed by atoms with Crippen molar-refractivity contribution in [2.24, 2.45) is 4.40 Å². The summed E-state index contributed by atoms with van der Waals surface area (Å²) in [6.45, 7) is 4.03. The molecule has 1 aromatic heterocycles. The summed E-state index contributed by atoms with van der Waals surface area (Å²) in [6, 6.07) is 7.01. The molecule has 2 aromatic rings. The van der Waals surface area contributed by atoms with Gasteiger partial charge in [0.2, 0.25) is 0 Å². The van der Waals surface area contributed by atoms with E-state index in [1.807, 2.05) is 20.0 Å². The first-order chi connectivity index (χ1) is 9.47. The Morgan fingerprint density at radius 1 is 1.25 bits per heavy atom. The lowest BCUT2D eigenvalue weighted by molar-refractivity contribution is 0.532. The summed E-state index contributed by atoms with van der Waals surface area (Å²) in [5.74, 6) is 0.337. The van der Waals surface area contributed by atoms with E-state index in [-0.39, 0.29) is 10.9 Å². The maximum absolute atomic E-state index is 11.9. The average Bonchev–Trinajstić information content (AvgIpc) is 2.95. The molecular formula is C13H14N4O2S. The van der Waals surface area contributed by atoms with Crippen molar-refractivity contribution in [3.63, 3.8) is 0 Å². The van der Waals surface area contributed by atoms with Gasteiger partial charge in [0.25, 0.3) is 10.0 Å². The Morgan fingerprint density at radius 2 is 2.00 bits per heavy atom. The van der Waals surface area contributed by atoms with Crippen molar-refractivity contribution < 1.29 is 8.42 Å². The first-order valence-corrected chi connectivity index (χ1v) is 7.67. The van der Waals surface area contributed by atoms with Crippen LogP contribution in [0.4, 0.5) is 5.69 Å². The van der Waals surface area contributed by atoms with Gasteiger partial charge in [0, 0.05) is 17.8 Å². The zero-order chi connectivity index (χ0) is 14.3. The highest BCUT2D eigenvalue weighted by Crippen LogP contribution is 2.26. The van der Waals surface area contributed by atoms with Crippen LogP contribution in [-0.4, -0.2) is 24.0 Å². The highest BCUT2D eigenvalue weighted by molar-refractivity contribution is 7.90. The summed E-state index contributed by atoms with van der Waals surface area (Å²) < 4.78 is 29.4. The molecule has 0 saturated carbocycles. The zero-order valence-corrected chi connectivity index (χ0v) is 11.9. The van der Waals surface area contributed by atoms with E-state index in [1.54, 1.807) is 35.1 Å². The lowest BCUT2D eigenvalue weighted by Crippen LogP contribution is -2.10. The zero-order valence-electron chi connectivity index (χ0n) is 11.1. The molecule has 0 spiro atoms. The molecule has 1 aliphatic heterocycles. The summed E-state index contributed by atoms with van der Waals surface area (Å²) in [6.07, 6.45) is 3.47. The predicted molar refractivity (Wildman–Crippen MR) is 76.4 cm³/mol. The minimum atomic E-state index is -3.59. The summed E-state index contributed by atoms with van der Waals surface area (Å²) in [5.41, 5.74) is 1.30. The number of amidine groups is 1. The third-order valence-electron chi connectivity index (χ3n) is 3.02. The Bertz CT molecular complexity index is 790. The first kappa shape index (κ1) is 12.9. The van der Waals surface area contributed by atoms with Crippen molar-refractivity contribution in [3.05, 3.63) is 42.2 Å². The maximum atomic E-state index is 11.9. The van der Waals surface area contributed by atoms with Crippen LogP contribution in [0.2, 0.25) is 0 Å². The van der Waals surface area contributed by atoms with Gasteiger partial charge in [-0.2, -0.15) is 13.5 Å². The second kappa shape index (κ2) is 4.45. The molecule has 0 atom stereocenters. The van der Waals surface area contributed by atoms with Gasteiger partial charge in [-0.15, -0.1) is 4.40 Å². The Balaban J connectivity index is 1.96. The molecule has 0 radical (unpaired) electrons. The minimum Gasteiger partial charge on any atom is -0.336 e. The summed E-state index contributed by atoms with van der Waals surface area (Å²) in [4.78, 5) is 0.235. The number of hydrogen-bond donors (Lipinski definition) is 1. The van der Waals surface area contributed by atoms with E-state index < -0.39 is 10.0 Å². The second-order valence-electron chi connectivity index (χ2n) is 4.84. The first-order valence-electron chi connectivity index (χ1n) is 6.23. The van der Waals surface area contributed by atoms with Crippen molar-refractivity contribution in [1.29, 1.82) is 0 Å². The van der Waals surface area contributed by atoms with Crippen LogP contribution >= 0.6 is 0 Å². The van der Waals surface area contributed by atoms with E-state index in [9.17, 15) is 8.42 Å². The molecule has 2 heterocycles. The fraction of sp³-hybridized carbons (Fsp3) is 0.231. The number of sulfonamides is 1. The molecule has 1 aliphatic rings. The third kappa shape index (κ3) is 2.09. The van der Waals surface area contributed by atoms with Crippen molar-refractivity contribution >= 4 is 21.5 Å². The normalized spacial score (nSPS) is 16.1. The molecule has 0 saturated heterocycles. The van der Waals surface area contributed by atoms with Crippen molar-refractivity contribution in [2.45, 2.75) is 24.8 Å². The fourth-order valence-corrected chi connectivity index (χ4v) is 3.19. The van der Waals surface area contributed by atoms with Gasteiger partial charge >= 0.3 is 0 Å². The maximum Gasteiger partial charge on any atom is 0.285 e. The molecule has 6 nitrogen and oxygen atoms in total. The number of rotatable bonds is 2. The van der Waals surface area contributed by atoms with Crippen LogP contribution in [0.1, 0.15) is 25.5 Å². The van der Waals surface area contributed by atoms with Crippen LogP contribution in [0.25, 0.3) is 0 Å². The van der Waals surface area contributed by atoms with Crippen molar-refractivity contribution in [3.8, 4) is 0 Å². The van der Waals surface area contributed by atoms with Gasteiger partial charge in [0.15, 0.2) is 5.84 Å². The number of fused-ring (bicyclic) bond motifs is 1. The monoisotopic (exact) mass is 290 g/mol. The average molecular weight is 290 g/mol. The van der Waals surface area contributed by atoms with Crippen LogP contribution in [0, 0.1) is 0 Å². The summed E-state index contributed by atoms with van der Waals surface area (Å²) in [5, 5.41) is 7.22. The number of nitrogens with one attached hydrogen (secondary N) is 1. The Morgan fingerprint density at radius 3 is 2.70 bits per heavy atom. The highest BCUT2D eigenvalue weighted by atomic mass is 32.2. The molecule has 7 heteroatoms. The van der Waals surface area contributed by atoms with E-state index >= 15 is 0 Å². The van der Waals surface area contributed by atoms with Crippen LogP contribution in [0.15, 0.2) is 46.0 Å². The Kier molecular flexibility index (Phi) is 2.86. The molecule has 1 N–H and O–H groups in total. The molecule has 0 amide bonds. The largest absolute Gasteiger partial charge is 0.336 e. The third-order valence-corrected chi connectivity index (χ3v) is 4.36. The molecule has 0 bridgehead atoms. The number of nitrogens with zero attached hydrogens (tertiary/aromatic N) is 3. The van der Waals surface area contributed by atoms with Crippen molar-refractivity contribution in [1.82, 2.24) is 9.78 Å². The summed E-state index contributed by atoms with van der Waals surface area (Å²) >= 11 is 0. The number of anilines is 1. The van der Waals surface area contributed by atoms with E-state index in [0.717, 1.165) is 0 Å². The molecule has 104 valence electrons. The standard InChI is InChI=1S/C13H14N4O2S/c1-9(2)17-8-10(7-14-17)15-13-11-5-3-4-6-12(11)20(18,19)16-13/h3-9H,1-2H3,(H,15,16). The van der Waals surface area contributed by atoms with Gasteiger partial charge in [-0.05, 0) is 26.0 Å². The second-order valence-corrected chi connectivity index (χ2v) is 6.41. The van der Waals surface area contributed by atoms with Gasteiger partial charge in [0.1, 0.15) is 4.90 Å².